The summed E-state index contributed by atoms with van der Waals surface area (Å²) in [7, 11) is 4.06. The lowest BCUT2D eigenvalue weighted by Crippen LogP contribution is -2.30. The molecule has 6 nitrogen and oxygen atoms in total. The molecule has 22 heavy (non-hydrogen) atoms. The van der Waals surface area contributed by atoms with E-state index in [0.29, 0.717) is 5.82 Å². The first-order valence-electron chi connectivity index (χ1n) is 7.24. The van der Waals surface area contributed by atoms with Gasteiger partial charge in [-0.15, -0.1) is 0 Å². The molecular formula is C16H18N4O2. The van der Waals surface area contributed by atoms with Crippen molar-refractivity contribution in [3.63, 3.8) is 0 Å². The van der Waals surface area contributed by atoms with Crippen LogP contribution in [0, 0.1) is 0 Å². The van der Waals surface area contributed by atoms with Gasteiger partial charge in [0.1, 0.15) is 0 Å². The van der Waals surface area contributed by atoms with E-state index in [1.807, 2.05) is 43.0 Å². The molecule has 6 heteroatoms. The number of hydrogen-bond acceptors (Lipinski definition) is 4. The van der Waals surface area contributed by atoms with Crippen LogP contribution >= 0.6 is 0 Å². The Hall–Kier alpha value is -2.47. The zero-order valence-corrected chi connectivity index (χ0v) is 12.7. The SMILES string of the molecule is CN(C)CCCn1nc(N2C(=O)C=CC2=O)c2ccccc21. The average molecular weight is 298 g/mol. The molecule has 1 aromatic heterocycles. The molecule has 0 aliphatic carbocycles. The van der Waals surface area contributed by atoms with Crippen LogP contribution in [0.4, 0.5) is 5.82 Å². The topological polar surface area (TPSA) is 58.4 Å². The van der Waals surface area contributed by atoms with Crippen LogP contribution in [0.2, 0.25) is 0 Å². The molecule has 0 unspecified atom stereocenters. The van der Waals surface area contributed by atoms with Crippen molar-refractivity contribution < 1.29 is 9.59 Å². The first-order valence-corrected chi connectivity index (χ1v) is 7.24. The Morgan fingerprint density at radius 2 is 1.77 bits per heavy atom. The van der Waals surface area contributed by atoms with Crippen molar-refractivity contribution in [1.29, 1.82) is 0 Å². The highest BCUT2D eigenvalue weighted by atomic mass is 16.2. The van der Waals surface area contributed by atoms with Gasteiger partial charge in [-0.2, -0.15) is 5.10 Å². The van der Waals surface area contributed by atoms with E-state index < -0.39 is 0 Å². The number of amides is 2. The summed E-state index contributed by atoms with van der Waals surface area (Å²) in [5.74, 6) is -0.261. The maximum atomic E-state index is 11.9. The van der Waals surface area contributed by atoms with Crippen molar-refractivity contribution in [3.05, 3.63) is 36.4 Å². The van der Waals surface area contributed by atoms with Crippen LogP contribution in [-0.4, -0.2) is 47.1 Å². The highest BCUT2D eigenvalue weighted by molar-refractivity contribution is 6.29. The molecule has 2 amide bonds. The summed E-state index contributed by atoms with van der Waals surface area (Å²) in [6.07, 6.45) is 3.50. The molecule has 3 rings (SSSR count). The van der Waals surface area contributed by atoms with Crippen LogP contribution in [0.15, 0.2) is 36.4 Å². The van der Waals surface area contributed by atoms with E-state index in [1.54, 1.807) is 0 Å². The second-order valence-corrected chi connectivity index (χ2v) is 5.57. The van der Waals surface area contributed by atoms with Gasteiger partial charge in [0.15, 0.2) is 5.82 Å². The third-order valence-electron chi connectivity index (χ3n) is 3.63. The third kappa shape index (κ3) is 2.53. The van der Waals surface area contributed by atoms with E-state index in [4.69, 9.17) is 0 Å². The highest BCUT2D eigenvalue weighted by Gasteiger charge is 2.29. The van der Waals surface area contributed by atoms with Gasteiger partial charge < -0.3 is 4.90 Å². The molecule has 114 valence electrons. The fourth-order valence-electron chi connectivity index (χ4n) is 2.59. The molecule has 0 fully saturated rings. The number of nitrogens with zero attached hydrogens (tertiary/aromatic N) is 4. The van der Waals surface area contributed by atoms with Gasteiger partial charge in [-0.3, -0.25) is 14.3 Å². The molecule has 0 spiro atoms. The first kappa shape index (κ1) is 14.5. The quantitative estimate of drug-likeness (QED) is 0.783. The van der Waals surface area contributed by atoms with Gasteiger partial charge in [0.2, 0.25) is 0 Å². The Balaban J connectivity index is 1.97. The minimum absolute atomic E-state index is 0.339. The zero-order valence-electron chi connectivity index (χ0n) is 12.7. The van der Waals surface area contributed by atoms with E-state index in [0.717, 1.165) is 35.3 Å². The second kappa shape index (κ2) is 5.73. The van der Waals surface area contributed by atoms with Crippen LogP contribution in [0.5, 0.6) is 0 Å². The molecule has 0 radical (unpaired) electrons. The predicted molar refractivity (Wildman–Crippen MR) is 84.5 cm³/mol. The Morgan fingerprint density at radius 1 is 1.09 bits per heavy atom. The highest BCUT2D eigenvalue weighted by Crippen LogP contribution is 2.28. The standard InChI is InChI=1S/C16H18N4O2/c1-18(2)10-5-11-19-13-7-4-3-6-12(13)16(17-19)20-14(21)8-9-15(20)22/h3-4,6-9H,5,10-11H2,1-2H3. The van der Waals surface area contributed by atoms with Crippen LogP contribution in [0.25, 0.3) is 10.9 Å². The van der Waals surface area contributed by atoms with Crippen LogP contribution in [0.1, 0.15) is 6.42 Å². The number of rotatable bonds is 5. The summed E-state index contributed by atoms with van der Waals surface area (Å²) in [5.41, 5.74) is 0.934. The van der Waals surface area contributed by atoms with E-state index >= 15 is 0 Å². The Kier molecular flexibility index (Phi) is 3.77. The molecule has 0 saturated carbocycles. The minimum Gasteiger partial charge on any atom is -0.309 e. The third-order valence-corrected chi connectivity index (χ3v) is 3.63. The molecule has 0 atom stereocenters. The normalized spacial score (nSPS) is 14.8. The van der Waals surface area contributed by atoms with Crippen LogP contribution in [0.3, 0.4) is 0 Å². The lowest BCUT2D eigenvalue weighted by atomic mass is 10.2. The lowest BCUT2D eigenvalue weighted by molar-refractivity contribution is -0.120. The van der Waals surface area contributed by atoms with E-state index in [2.05, 4.69) is 10.00 Å². The van der Waals surface area contributed by atoms with Gasteiger partial charge in [-0.1, -0.05) is 12.1 Å². The Bertz CT molecular complexity index is 743. The van der Waals surface area contributed by atoms with Crippen molar-refractivity contribution in [2.24, 2.45) is 0 Å². The smallest absolute Gasteiger partial charge is 0.259 e. The maximum Gasteiger partial charge on any atom is 0.259 e. The van der Waals surface area contributed by atoms with Gasteiger partial charge in [0.05, 0.1) is 5.52 Å². The zero-order chi connectivity index (χ0) is 15.7. The molecule has 1 aliphatic heterocycles. The Morgan fingerprint density at radius 3 is 2.45 bits per heavy atom. The monoisotopic (exact) mass is 298 g/mol. The van der Waals surface area contributed by atoms with Gasteiger partial charge in [-0.05, 0) is 39.2 Å². The summed E-state index contributed by atoms with van der Waals surface area (Å²) in [6.45, 7) is 1.69. The van der Waals surface area contributed by atoms with Crippen molar-refractivity contribution in [2.75, 3.05) is 25.5 Å². The lowest BCUT2D eigenvalue weighted by Gasteiger charge is -2.11. The van der Waals surface area contributed by atoms with Crippen molar-refractivity contribution in [2.45, 2.75) is 13.0 Å². The molecule has 0 bridgehead atoms. The molecule has 0 N–H and O–H groups in total. The molecular weight excluding hydrogens is 280 g/mol. The van der Waals surface area contributed by atoms with Crippen LogP contribution < -0.4 is 4.90 Å². The van der Waals surface area contributed by atoms with E-state index in [9.17, 15) is 9.59 Å². The number of imide groups is 1. The molecule has 2 aromatic rings. The summed E-state index contributed by atoms with van der Waals surface area (Å²) in [4.78, 5) is 27.1. The number of hydrogen-bond donors (Lipinski definition) is 0. The predicted octanol–water partition coefficient (Wildman–Crippen LogP) is 1.42. The molecule has 1 aliphatic rings. The van der Waals surface area contributed by atoms with Gasteiger partial charge in [0, 0.05) is 24.1 Å². The largest absolute Gasteiger partial charge is 0.309 e. The van der Waals surface area contributed by atoms with Crippen molar-refractivity contribution in [1.82, 2.24) is 14.7 Å². The Labute approximate surface area is 128 Å². The molecule has 0 saturated heterocycles. The van der Waals surface area contributed by atoms with Gasteiger partial charge in [-0.25, -0.2) is 4.90 Å². The number of anilines is 1. The number of fused-ring (bicyclic) bond motifs is 1. The number of carbonyl (C=O) groups excluding carboxylic acids is 2. The number of benzene rings is 1. The fraction of sp³-hybridized carbons (Fsp3) is 0.312. The molecule has 1 aromatic carbocycles. The summed E-state index contributed by atoms with van der Waals surface area (Å²) in [5, 5.41) is 5.33. The van der Waals surface area contributed by atoms with Crippen molar-refractivity contribution >= 4 is 28.5 Å². The van der Waals surface area contributed by atoms with Gasteiger partial charge >= 0.3 is 0 Å². The number of para-hydroxylation sites is 1. The van der Waals surface area contributed by atoms with Crippen molar-refractivity contribution in [3.8, 4) is 0 Å². The average Bonchev–Trinajstić information content (AvgIpc) is 3.00. The number of aromatic nitrogens is 2. The summed E-state index contributed by atoms with van der Waals surface area (Å²) in [6, 6.07) is 7.66. The first-order chi connectivity index (χ1) is 10.6. The maximum absolute atomic E-state index is 11.9. The minimum atomic E-state index is -0.339. The second-order valence-electron chi connectivity index (χ2n) is 5.57. The van der Waals surface area contributed by atoms with E-state index in [1.165, 1.54) is 12.2 Å². The number of aryl methyl sites for hydroxylation is 1. The summed E-state index contributed by atoms with van der Waals surface area (Å²) >= 11 is 0. The van der Waals surface area contributed by atoms with Crippen LogP contribution in [-0.2, 0) is 16.1 Å². The van der Waals surface area contributed by atoms with Gasteiger partial charge in [0.25, 0.3) is 11.8 Å². The summed E-state index contributed by atoms with van der Waals surface area (Å²) < 4.78 is 1.87. The molecule has 2 heterocycles. The fourth-order valence-corrected chi connectivity index (χ4v) is 2.59. The number of carbonyl (C=O) groups is 2. The van der Waals surface area contributed by atoms with E-state index in [-0.39, 0.29) is 11.8 Å².